The SMILES string of the molecule is CN(C)C(CCCO)c1ccc(Cl)cc1Cl. The van der Waals surface area contributed by atoms with Gasteiger partial charge in [0.2, 0.25) is 0 Å². The maximum Gasteiger partial charge on any atom is 0.0468 e. The van der Waals surface area contributed by atoms with Crippen LogP contribution in [0.4, 0.5) is 0 Å². The molecule has 0 aliphatic heterocycles. The molecule has 1 atom stereocenters. The summed E-state index contributed by atoms with van der Waals surface area (Å²) in [5, 5.41) is 10.2. The van der Waals surface area contributed by atoms with Crippen molar-refractivity contribution in [3.05, 3.63) is 33.8 Å². The van der Waals surface area contributed by atoms with Gasteiger partial charge in [-0.05, 0) is 44.6 Å². The van der Waals surface area contributed by atoms with Crippen molar-refractivity contribution in [3.8, 4) is 0 Å². The van der Waals surface area contributed by atoms with Crippen molar-refractivity contribution in [2.75, 3.05) is 20.7 Å². The molecule has 0 spiro atoms. The maximum atomic E-state index is 8.88. The zero-order valence-corrected chi connectivity index (χ0v) is 11.1. The van der Waals surface area contributed by atoms with Gasteiger partial charge in [-0.15, -0.1) is 0 Å². The van der Waals surface area contributed by atoms with E-state index in [-0.39, 0.29) is 12.6 Å². The first kappa shape index (κ1) is 13.8. The Bertz CT molecular complexity index is 342. The molecule has 0 fully saturated rings. The molecule has 1 unspecified atom stereocenters. The van der Waals surface area contributed by atoms with Crippen LogP contribution in [-0.2, 0) is 0 Å². The van der Waals surface area contributed by atoms with Gasteiger partial charge in [-0.1, -0.05) is 29.3 Å². The number of halogens is 2. The van der Waals surface area contributed by atoms with E-state index in [1.807, 2.05) is 26.2 Å². The van der Waals surface area contributed by atoms with Crippen molar-refractivity contribution in [2.24, 2.45) is 0 Å². The summed E-state index contributed by atoms with van der Waals surface area (Å²) in [6.07, 6.45) is 1.65. The summed E-state index contributed by atoms with van der Waals surface area (Å²) in [6.45, 7) is 0.204. The molecule has 0 bridgehead atoms. The highest BCUT2D eigenvalue weighted by Gasteiger charge is 2.16. The Hall–Kier alpha value is -0.280. The van der Waals surface area contributed by atoms with Crippen molar-refractivity contribution < 1.29 is 5.11 Å². The van der Waals surface area contributed by atoms with Gasteiger partial charge in [0.05, 0.1) is 0 Å². The Labute approximate surface area is 107 Å². The normalized spacial score (nSPS) is 13.1. The lowest BCUT2D eigenvalue weighted by Crippen LogP contribution is -2.20. The lowest BCUT2D eigenvalue weighted by molar-refractivity contribution is 0.235. The summed E-state index contributed by atoms with van der Waals surface area (Å²) in [5.41, 5.74) is 1.06. The minimum absolute atomic E-state index is 0.204. The summed E-state index contributed by atoms with van der Waals surface area (Å²) >= 11 is 12.0. The number of nitrogens with zero attached hydrogens (tertiary/aromatic N) is 1. The predicted octanol–water partition coefficient (Wildman–Crippen LogP) is 3.37. The lowest BCUT2D eigenvalue weighted by atomic mass is 10.0. The summed E-state index contributed by atoms with van der Waals surface area (Å²) in [6, 6.07) is 5.77. The smallest absolute Gasteiger partial charge is 0.0468 e. The van der Waals surface area contributed by atoms with E-state index in [9.17, 15) is 0 Å². The minimum atomic E-state index is 0.204. The van der Waals surface area contributed by atoms with E-state index in [0.717, 1.165) is 18.4 Å². The monoisotopic (exact) mass is 261 g/mol. The van der Waals surface area contributed by atoms with E-state index in [1.165, 1.54) is 0 Å². The Balaban J connectivity index is 2.92. The third-order valence-corrected chi connectivity index (χ3v) is 3.14. The van der Waals surface area contributed by atoms with Crippen LogP contribution in [0.15, 0.2) is 18.2 Å². The molecule has 1 aromatic carbocycles. The highest BCUT2D eigenvalue weighted by Crippen LogP contribution is 2.31. The Morgan fingerprint density at radius 2 is 2.00 bits per heavy atom. The van der Waals surface area contributed by atoms with Gasteiger partial charge in [0.15, 0.2) is 0 Å². The highest BCUT2D eigenvalue weighted by atomic mass is 35.5. The summed E-state index contributed by atoms with van der Waals surface area (Å²) in [4.78, 5) is 2.10. The molecular formula is C12H17Cl2NO. The van der Waals surface area contributed by atoms with Crippen molar-refractivity contribution >= 4 is 23.2 Å². The van der Waals surface area contributed by atoms with Crippen LogP contribution in [0.25, 0.3) is 0 Å². The Kier molecular flexibility index (Phi) is 5.56. The second-order valence-electron chi connectivity index (χ2n) is 4.01. The first-order valence-electron chi connectivity index (χ1n) is 5.28. The fourth-order valence-electron chi connectivity index (χ4n) is 1.75. The summed E-state index contributed by atoms with van der Waals surface area (Å²) < 4.78 is 0. The number of aliphatic hydroxyl groups excluding tert-OH is 1. The van der Waals surface area contributed by atoms with E-state index < -0.39 is 0 Å². The molecule has 4 heteroatoms. The van der Waals surface area contributed by atoms with Crippen molar-refractivity contribution in [3.63, 3.8) is 0 Å². The Morgan fingerprint density at radius 3 is 2.50 bits per heavy atom. The zero-order chi connectivity index (χ0) is 12.1. The van der Waals surface area contributed by atoms with Gasteiger partial charge in [0.1, 0.15) is 0 Å². The molecule has 16 heavy (non-hydrogen) atoms. The third-order valence-electron chi connectivity index (χ3n) is 2.58. The van der Waals surface area contributed by atoms with Crippen molar-refractivity contribution in [1.82, 2.24) is 4.90 Å². The molecule has 1 N–H and O–H groups in total. The summed E-state index contributed by atoms with van der Waals surface area (Å²) in [5.74, 6) is 0. The number of hydrogen-bond donors (Lipinski definition) is 1. The van der Waals surface area contributed by atoms with Crippen LogP contribution in [0.1, 0.15) is 24.4 Å². The zero-order valence-electron chi connectivity index (χ0n) is 9.58. The summed E-state index contributed by atoms with van der Waals surface area (Å²) in [7, 11) is 4.01. The molecule has 90 valence electrons. The van der Waals surface area contributed by atoms with E-state index in [1.54, 1.807) is 6.07 Å². The molecule has 0 saturated carbocycles. The predicted molar refractivity (Wildman–Crippen MR) is 69.2 cm³/mol. The first-order valence-corrected chi connectivity index (χ1v) is 6.04. The van der Waals surface area contributed by atoms with Gasteiger partial charge >= 0.3 is 0 Å². The molecule has 1 aromatic rings. The molecule has 0 amide bonds. The molecular weight excluding hydrogens is 245 g/mol. The largest absolute Gasteiger partial charge is 0.396 e. The topological polar surface area (TPSA) is 23.5 Å². The molecule has 0 aromatic heterocycles. The second-order valence-corrected chi connectivity index (χ2v) is 4.85. The third kappa shape index (κ3) is 3.63. The van der Waals surface area contributed by atoms with Crippen molar-refractivity contribution in [2.45, 2.75) is 18.9 Å². The van der Waals surface area contributed by atoms with Crippen molar-refractivity contribution in [1.29, 1.82) is 0 Å². The van der Waals surface area contributed by atoms with Crippen LogP contribution in [0.5, 0.6) is 0 Å². The number of aliphatic hydroxyl groups is 1. The number of benzene rings is 1. The van der Waals surface area contributed by atoms with Gasteiger partial charge in [-0.25, -0.2) is 0 Å². The highest BCUT2D eigenvalue weighted by molar-refractivity contribution is 6.35. The van der Waals surface area contributed by atoms with Crippen LogP contribution >= 0.6 is 23.2 Å². The molecule has 0 aliphatic carbocycles. The van der Waals surface area contributed by atoms with Gasteiger partial charge in [-0.3, -0.25) is 0 Å². The quantitative estimate of drug-likeness (QED) is 0.879. The molecule has 2 nitrogen and oxygen atoms in total. The minimum Gasteiger partial charge on any atom is -0.396 e. The average Bonchev–Trinajstić information content (AvgIpc) is 2.20. The molecule has 1 rings (SSSR count). The van der Waals surface area contributed by atoms with Crippen LogP contribution in [0, 0.1) is 0 Å². The van der Waals surface area contributed by atoms with E-state index >= 15 is 0 Å². The lowest BCUT2D eigenvalue weighted by Gasteiger charge is -2.25. The van der Waals surface area contributed by atoms with Crippen LogP contribution < -0.4 is 0 Å². The van der Waals surface area contributed by atoms with Gasteiger partial charge in [0.25, 0.3) is 0 Å². The maximum absolute atomic E-state index is 8.88. The van der Waals surface area contributed by atoms with E-state index in [4.69, 9.17) is 28.3 Å². The number of hydrogen-bond acceptors (Lipinski definition) is 2. The van der Waals surface area contributed by atoms with Gasteiger partial charge < -0.3 is 10.0 Å². The van der Waals surface area contributed by atoms with Gasteiger partial charge in [-0.2, -0.15) is 0 Å². The average molecular weight is 262 g/mol. The van der Waals surface area contributed by atoms with Crippen LogP contribution in [0.3, 0.4) is 0 Å². The van der Waals surface area contributed by atoms with E-state index in [0.29, 0.717) is 10.0 Å². The van der Waals surface area contributed by atoms with E-state index in [2.05, 4.69) is 4.90 Å². The fourth-order valence-corrected chi connectivity index (χ4v) is 2.28. The molecule has 0 heterocycles. The number of rotatable bonds is 5. The first-order chi connectivity index (χ1) is 7.56. The Morgan fingerprint density at radius 1 is 1.31 bits per heavy atom. The van der Waals surface area contributed by atoms with Gasteiger partial charge in [0, 0.05) is 22.7 Å². The fraction of sp³-hybridized carbons (Fsp3) is 0.500. The second kappa shape index (κ2) is 6.45. The molecule has 0 saturated heterocycles. The van der Waals surface area contributed by atoms with Crippen LogP contribution in [-0.4, -0.2) is 30.7 Å². The standard InChI is InChI=1S/C12H17Cl2NO/c1-15(2)12(4-3-7-16)10-6-5-9(13)8-11(10)14/h5-6,8,12,16H,3-4,7H2,1-2H3. The van der Waals surface area contributed by atoms with Crippen LogP contribution in [0.2, 0.25) is 10.0 Å². The molecule has 0 aliphatic rings. The molecule has 0 radical (unpaired) electrons.